The first-order valence-electron chi connectivity index (χ1n) is 5.71. The third-order valence-electron chi connectivity index (χ3n) is 2.63. The number of amides is 1. The molecule has 0 saturated carbocycles. The summed E-state index contributed by atoms with van der Waals surface area (Å²) >= 11 is 12.0. The molecule has 0 bridgehead atoms. The Morgan fingerprint density at radius 2 is 1.85 bits per heavy atom. The van der Waals surface area contributed by atoms with E-state index < -0.39 is 0 Å². The van der Waals surface area contributed by atoms with Gasteiger partial charge in [-0.3, -0.25) is 4.79 Å². The molecule has 0 heterocycles. The molecule has 4 nitrogen and oxygen atoms in total. The van der Waals surface area contributed by atoms with Crippen molar-refractivity contribution in [1.82, 2.24) is 0 Å². The van der Waals surface area contributed by atoms with Gasteiger partial charge in [0.25, 0.3) is 5.91 Å². The highest BCUT2D eigenvalue weighted by Crippen LogP contribution is 2.30. The number of nitrogen functional groups attached to an aromatic ring is 1. The van der Waals surface area contributed by atoms with Gasteiger partial charge in [0.1, 0.15) is 5.75 Å². The number of methoxy groups -OCH3 is 1. The van der Waals surface area contributed by atoms with E-state index in [0.717, 1.165) is 0 Å². The Bertz CT molecular complexity index is 639. The third-order valence-corrected chi connectivity index (χ3v) is 3.26. The minimum atomic E-state index is -0.370. The van der Waals surface area contributed by atoms with Crippen LogP contribution in [-0.4, -0.2) is 13.0 Å². The predicted octanol–water partition coefficient (Wildman–Crippen LogP) is 3.84. The largest absolute Gasteiger partial charge is 0.497 e. The molecule has 0 fully saturated rings. The van der Waals surface area contributed by atoms with Gasteiger partial charge in [-0.05, 0) is 24.3 Å². The van der Waals surface area contributed by atoms with E-state index in [0.29, 0.717) is 32.7 Å². The van der Waals surface area contributed by atoms with Crippen molar-refractivity contribution in [3.8, 4) is 5.75 Å². The second kappa shape index (κ2) is 6.03. The van der Waals surface area contributed by atoms with Crippen molar-refractivity contribution in [1.29, 1.82) is 0 Å². The van der Waals surface area contributed by atoms with Crippen LogP contribution in [0.2, 0.25) is 10.0 Å². The van der Waals surface area contributed by atoms with Gasteiger partial charge in [0, 0.05) is 17.3 Å². The quantitative estimate of drug-likeness (QED) is 0.847. The number of ether oxygens (including phenoxy) is 1. The van der Waals surface area contributed by atoms with E-state index in [-0.39, 0.29) is 5.91 Å². The maximum absolute atomic E-state index is 12.2. The summed E-state index contributed by atoms with van der Waals surface area (Å²) in [7, 11) is 1.50. The van der Waals surface area contributed by atoms with Crippen molar-refractivity contribution in [2.45, 2.75) is 0 Å². The summed E-state index contributed by atoms with van der Waals surface area (Å²) in [5.74, 6) is 0.131. The van der Waals surface area contributed by atoms with Crippen LogP contribution in [0.25, 0.3) is 0 Å². The SMILES string of the molecule is COc1cc(N)cc(C(=O)Nc2c(Cl)cccc2Cl)c1. The van der Waals surface area contributed by atoms with E-state index in [1.165, 1.54) is 7.11 Å². The molecule has 0 saturated heterocycles. The number of hydrogen-bond donors (Lipinski definition) is 2. The molecule has 0 spiro atoms. The smallest absolute Gasteiger partial charge is 0.255 e. The van der Waals surface area contributed by atoms with Crippen molar-refractivity contribution < 1.29 is 9.53 Å². The van der Waals surface area contributed by atoms with Gasteiger partial charge in [-0.2, -0.15) is 0 Å². The van der Waals surface area contributed by atoms with Crippen molar-refractivity contribution in [2.24, 2.45) is 0 Å². The van der Waals surface area contributed by atoms with Crippen LogP contribution in [0.4, 0.5) is 11.4 Å². The molecule has 0 radical (unpaired) electrons. The van der Waals surface area contributed by atoms with Gasteiger partial charge in [0.15, 0.2) is 0 Å². The van der Waals surface area contributed by atoms with Crippen LogP contribution in [0.3, 0.4) is 0 Å². The first-order valence-corrected chi connectivity index (χ1v) is 6.47. The highest BCUT2D eigenvalue weighted by atomic mass is 35.5. The average molecular weight is 311 g/mol. The summed E-state index contributed by atoms with van der Waals surface area (Å²) in [6.07, 6.45) is 0. The van der Waals surface area contributed by atoms with Crippen LogP contribution in [0.1, 0.15) is 10.4 Å². The second-order valence-electron chi connectivity index (χ2n) is 4.05. The summed E-state index contributed by atoms with van der Waals surface area (Å²) in [5.41, 5.74) is 6.87. The molecule has 0 atom stereocenters. The Labute approximate surface area is 126 Å². The summed E-state index contributed by atoms with van der Waals surface area (Å²) in [6.45, 7) is 0. The number of halogens is 2. The van der Waals surface area contributed by atoms with Crippen molar-refractivity contribution in [3.63, 3.8) is 0 Å². The van der Waals surface area contributed by atoms with Gasteiger partial charge in [0.2, 0.25) is 0 Å². The zero-order valence-electron chi connectivity index (χ0n) is 10.6. The molecule has 0 aliphatic rings. The van der Waals surface area contributed by atoms with E-state index in [1.807, 2.05) is 0 Å². The number of rotatable bonds is 3. The predicted molar refractivity (Wildman–Crippen MR) is 81.8 cm³/mol. The molecular weight excluding hydrogens is 299 g/mol. The molecule has 20 heavy (non-hydrogen) atoms. The molecule has 0 aliphatic carbocycles. The molecule has 2 aromatic carbocycles. The molecule has 1 amide bonds. The lowest BCUT2D eigenvalue weighted by Crippen LogP contribution is -2.13. The molecule has 2 aromatic rings. The summed E-state index contributed by atoms with van der Waals surface area (Å²) in [5, 5.41) is 3.38. The van der Waals surface area contributed by atoms with Crippen LogP contribution in [-0.2, 0) is 0 Å². The van der Waals surface area contributed by atoms with Crippen LogP contribution >= 0.6 is 23.2 Å². The highest BCUT2D eigenvalue weighted by molar-refractivity contribution is 6.40. The molecule has 6 heteroatoms. The minimum Gasteiger partial charge on any atom is -0.497 e. The van der Waals surface area contributed by atoms with Crippen LogP contribution in [0.15, 0.2) is 36.4 Å². The zero-order chi connectivity index (χ0) is 14.7. The molecule has 2 rings (SSSR count). The topological polar surface area (TPSA) is 64.3 Å². The van der Waals surface area contributed by atoms with Crippen LogP contribution < -0.4 is 15.8 Å². The minimum absolute atomic E-state index is 0.359. The first-order chi connectivity index (χ1) is 9.51. The fourth-order valence-electron chi connectivity index (χ4n) is 1.67. The number of nitrogens with one attached hydrogen (secondary N) is 1. The zero-order valence-corrected chi connectivity index (χ0v) is 12.1. The monoisotopic (exact) mass is 310 g/mol. The number of hydrogen-bond acceptors (Lipinski definition) is 3. The lowest BCUT2D eigenvalue weighted by atomic mass is 10.1. The van der Waals surface area contributed by atoms with Gasteiger partial charge in [0.05, 0.1) is 22.8 Å². The van der Waals surface area contributed by atoms with Crippen LogP contribution in [0.5, 0.6) is 5.75 Å². The Balaban J connectivity index is 2.31. The molecule has 0 aromatic heterocycles. The van der Waals surface area contributed by atoms with Crippen molar-refractivity contribution in [3.05, 3.63) is 52.0 Å². The Morgan fingerprint density at radius 3 is 2.45 bits per heavy atom. The van der Waals surface area contributed by atoms with Gasteiger partial charge < -0.3 is 15.8 Å². The first kappa shape index (κ1) is 14.5. The van der Waals surface area contributed by atoms with Gasteiger partial charge >= 0.3 is 0 Å². The van der Waals surface area contributed by atoms with Gasteiger partial charge in [-0.25, -0.2) is 0 Å². The number of nitrogens with two attached hydrogens (primary N) is 1. The maximum Gasteiger partial charge on any atom is 0.255 e. The molecule has 3 N–H and O–H groups in total. The molecule has 0 aliphatic heterocycles. The van der Waals surface area contributed by atoms with Crippen molar-refractivity contribution in [2.75, 3.05) is 18.2 Å². The summed E-state index contributed by atoms with van der Waals surface area (Å²) < 4.78 is 5.07. The molecule has 104 valence electrons. The average Bonchev–Trinajstić information content (AvgIpc) is 2.42. The van der Waals surface area contributed by atoms with Gasteiger partial charge in [-0.15, -0.1) is 0 Å². The molecule has 0 unspecified atom stereocenters. The maximum atomic E-state index is 12.2. The van der Waals surface area contributed by atoms with E-state index in [1.54, 1.807) is 36.4 Å². The van der Waals surface area contributed by atoms with E-state index >= 15 is 0 Å². The van der Waals surface area contributed by atoms with Crippen LogP contribution in [0, 0.1) is 0 Å². The van der Waals surface area contributed by atoms with E-state index in [4.69, 9.17) is 33.7 Å². The number of carbonyl (C=O) groups is 1. The summed E-state index contributed by atoms with van der Waals surface area (Å²) in [4.78, 5) is 12.2. The van der Waals surface area contributed by atoms with E-state index in [2.05, 4.69) is 5.32 Å². The number of benzene rings is 2. The van der Waals surface area contributed by atoms with Crippen molar-refractivity contribution >= 4 is 40.5 Å². The standard InChI is InChI=1S/C14H12Cl2N2O2/c1-20-10-6-8(5-9(17)7-10)14(19)18-13-11(15)3-2-4-12(13)16/h2-7H,17H2,1H3,(H,18,19). The van der Waals surface area contributed by atoms with E-state index in [9.17, 15) is 4.79 Å². The summed E-state index contributed by atoms with van der Waals surface area (Å²) in [6, 6.07) is 9.73. The Morgan fingerprint density at radius 1 is 1.20 bits per heavy atom. The fourth-order valence-corrected chi connectivity index (χ4v) is 2.17. The number of anilines is 2. The Hall–Kier alpha value is -1.91. The Kier molecular flexibility index (Phi) is 4.37. The normalized spacial score (nSPS) is 10.2. The molecular formula is C14H12Cl2N2O2. The number of carbonyl (C=O) groups excluding carboxylic acids is 1. The lowest BCUT2D eigenvalue weighted by Gasteiger charge is -2.10. The fraction of sp³-hybridized carbons (Fsp3) is 0.0714. The second-order valence-corrected chi connectivity index (χ2v) is 4.86. The number of para-hydroxylation sites is 1. The van der Waals surface area contributed by atoms with Gasteiger partial charge in [-0.1, -0.05) is 29.3 Å². The highest BCUT2D eigenvalue weighted by Gasteiger charge is 2.12. The lowest BCUT2D eigenvalue weighted by molar-refractivity contribution is 0.102. The third kappa shape index (κ3) is 3.15.